The lowest BCUT2D eigenvalue weighted by Crippen LogP contribution is -2.14. The highest BCUT2D eigenvalue weighted by Crippen LogP contribution is 2.31. The first kappa shape index (κ1) is 18.4. The largest absolute Gasteiger partial charge is 0.496 e. The molecule has 0 unspecified atom stereocenters. The Bertz CT molecular complexity index is 920. The predicted octanol–water partition coefficient (Wildman–Crippen LogP) is 4.78. The van der Waals surface area contributed by atoms with Crippen molar-refractivity contribution in [3.8, 4) is 22.8 Å². The molecule has 134 valence electrons. The Balaban J connectivity index is 1.87. The molecule has 0 aliphatic rings. The molecule has 6 nitrogen and oxygen atoms in total. The molecule has 0 aliphatic carbocycles. The summed E-state index contributed by atoms with van der Waals surface area (Å²) in [6.45, 7) is 0. The van der Waals surface area contributed by atoms with Gasteiger partial charge >= 0.3 is 0 Å². The third-order valence-corrected chi connectivity index (χ3v) is 4.58. The molecule has 26 heavy (non-hydrogen) atoms. The fourth-order valence-corrected chi connectivity index (χ4v) is 3.49. The Labute approximate surface area is 163 Å². The van der Waals surface area contributed by atoms with E-state index in [1.165, 1.54) is 25.6 Å². The van der Waals surface area contributed by atoms with Crippen LogP contribution in [0.3, 0.4) is 0 Å². The summed E-state index contributed by atoms with van der Waals surface area (Å²) in [5.74, 6) is 0.434. The molecule has 0 aliphatic heterocycles. The SMILES string of the molecule is COc1cccc(OC)c1C(=O)Nc1nc(-c2cc(Cl)nc(Cl)c2)cs1. The molecular weight excluding hydrogens is 397 g/mol. The number of hydrogen-bond donors (Lipinski definition) is 1. The number of carbonyl (C=O) groups excluding carboxylic acids is 1. The van der Waals surface area contributed by atoms with Crippen LogP contribution in [0.5, 0.6) is 11.5 Å². The van der Waals surface area contributed by atoms with Crippen molar-refractivity contribution in [3.63, 3.8) is 0 Å². The zero-order valence-electron chi connectivity index (χ0n) is 13.7. The molecule has 0 bridgehead atoms. The molecule has 0 radical (unpaired) electrons. The molecule has 0 spiro atoms. The summed E-state index contributed by atoms with van der Waals surface area (Å²) in [6.07, 6.45) is 0. The van der Waals surface area contributed by atoms with Gasteiger partial charge in [0.05, 0.1) is 19.9 Å². The first-order chi connectivity index (χ1) is 12.5. The lowest BCUT2D eigenvalue weighted by Gasteiger charge is -2.11. The Morgan fingerprint density at radius 1 is 1.08 bits per heavy atom. The zero-order chi connectivity index (χ0) is 18.7. The second kappa shape index (κ2) is 7.90. The minimum atomic E-state index is -0.383. The number of anilines is 1. The summed E-state index contributed by atoms with van der Waals surface area (Å²) in [5.41, 5.74) is 1.63. The van der Waals surface area contributed by atoms with E-state index in [4.69, 9.17) is 32.7 Å². The van der Waals surface area contributed by atoms with Crippen LogP contribution in [0.15, 0.2) is 35.7 Å². The van der Waals surface area contributed by atoms with Gasteiger partial charge in [0.15, 0.2) is 5.13 Å². The van der Waals surface area contributed by atoms with Crippen molar-refractivity contribution in [2.45, 2.75) is 0 Å². The van der Waals surface area contributed by atoms with Gasteiger partial charge in [-0.3, -0.25) is 10.1 Å². The average molecular weight is 410 g/mol. The van der Waals surface area contributed by atoms with E-state index < -0.39 is 0 Å². The van der Waals surface area contributed by atoms with Gasteiger partial charge in [-0.1, -0.05) is 29.3 Å². The van der Waals surface area contributed by atoms with Gasteiger partial charge in [-0.15, -0.1) is 11.3 Å². The highest BCUT2D eigenvalue weighted by atomic mass is 35.5. The maximum absolute atomic E-state index is 12.7. The molecule has 0 fully saturated rings. The number of amides is 1. The topological polar surface area (TPSA) is 73.3 Å². The minimum absolute atomic E-state index is 0.268. The van der Waals surface area contributed by atoms with Gasteiger partial charge in [-0.2, -0.15) is 0 Å². The summed E-state index contributed by atoms with van der Waals surface area (Å²) in [4.78, 5) is 21.0. The lowest BCUT2D eigenvalue weighted by atomic mass is 10.1. The maximum Gasteiger partial charge on any atom is 0.265 e. The number of pyridine rings is 1. The third-order valence-electron chi connectivity index (χ3n) is 3.44. The van der Waals surface area contributed by atoms with Crippen LogP contribution in [0.1, 0.15) is 10.4 Å². The number of hydrogen-bond acceptors (Lipinski definition) is 6. The Hall–Kier alpha value is -2.35. The second-order valence-corrected chi connectivity index (χ2v) is 6.66. The van der Waals surface area contributed by atoms with Gasteiger partial charge in [-0.05, 0) is 24.3 Å². The molecule has 0 saturated carbocycles. The van der Waals surface area contributed by atoms with Gasteiger partial charge < -0.3 is 9.47 Å². The summed E-state index contributed by atoms with van der Waals surface area (Å²) < 4.78 is 10.5. The summed E-state index contributed by atoms with van der Waals surface area (Å²) in [7, 11) is 2.98. The number of halogens is 2. The van der Waals surface area contributed by atoms with E-state index in [0.29, 0.717) is 33.5 Å². The van der Waals surface area contributed by atoms with Gasteiger partial charge in [-0.25, -0.2) is 9.97 Å². The van der Waals surface area contributed by atoms with Crippen LogP contribution in [0.2, 0.25) is 10.3 Å². The number of carbonyl (C=O) groups is 1. The Morgan fingerprint density at radius 3 is 2.27 bits per heavy atom. The minimum Gasteiger partial charge on any atom is -0.496 e. The Morgan fingerprint density at radius 2 is 1.69 bits per heavy atom. The molecular formula is C17H13Cl2N3O3S. The predicted molar refractivity (Wildman–Crippen MR) is 103 cm³/mol. The second-order valence-electron chi connectivity index (χ2n) is 5.03. The molecule has 1 amide bonds. The molecule has 9 heteroatoms. The highest BCUT2D eigenvalue weighted by molar-refractivity contribution is 7.14. The molecule has 3 rings (SSSR count). The van der Waals surface area contributed by atoms with Gasteiger partial charge in [0.2, 0.25) is 0 Å². The van der Waals surface area contributed by atoms with Crippen molar-refractivity contribution in [3.05, 3.63) is 51.6 Å². The lowest BCUT2D eigenvalue weighted by molar-refractivity contribution is 0.102. The molecule has 0 saturated heterocycles. The van der Waals surface area contributed by atoms with E-state index in [2.05, 4.69) is 15.3 Å². The van der Waals surface area contributed by atoms with Crippen LogP contribution >= 0.6 is 34.5 Å². The first-order valence-corrected chi connectivity index (χ1v) is 8.96. The van der Waals surface area contributed by atoms with Crippen molar-refractivity contribution in [1.82, 2.24) is 9.97 Å². The number of rotatable bonds is 5. The van der Waals surface area contributed by atoms with Crippen molar-refractivity contribution >= 4 is 45.6 Å². The number of ether oxygens (including phenoxy) is 2. The first-order valence-electron chi connectivity index (χ1n) is 7.33. The summed E-state index contributed by atoms with van der Waals surface area (Å²) in [6, 6.07) is 8.42. The zero-order valence-corrected chi connectivity index (χ0v) is 16.1. The number of aromatic nitrogens is 2. The van der Waals surface area contributed by atoms with Crippen LogP contribution in [-0.4, -0.2) is 30.1 Å². The molecule has 0 atom stereocenters. The Kier molecular flexibility index (Phi) is 5.61. The quantitative estimate of drug-likeness (QED) is 0.613. The van der Waals surface area contributed by atoms with E-state index in [9.17, 15) is 4.79 Å². The monoisotopic (exact) mass is 409 g/mol. The van der Waals surface area contributed by atoms with Crippen LogP contribution in [0.25, 0.3) is 11.3 Å². The fourth-order valence-electron chi connectivity index (χ4n) is 2.31. The van der Waals surface area contributed by atoms with E-state index in [1.54, 1.807) is 35.7 Å². The smallest absolute Gasteiger partial charge is 0.265 e. The standard InChI is InChI=1S/C17H13Cl2N3O3S/c1-24-11-4-3-5-12(25-2)15(11)16(23)22-17-20-10(8-26-17)9-6-13(18)21-14(19)7-9/h3-8H,1-2H3,(H,20,22,23). The van der Waals surface area contributed by atoms with Crippen LogP contribution in [0.4, 0.5) is 5.13 Å². The van der Waals surface area contributed by atoms with Crippen molar-refractivity contribution < 1.29 is 14.3 Å². The van der Waals surface area contributed by atoms with E-state index in [0.717, 1.165) is 0 Å². The molecule has 2 aromatic heterocycles. The third kappa shape index (κ3) is 3.90. The summed E-state index contributed by atoms with van der Waals surface area (Å²) in [5, 5.41) is 5.50. The van der Waals surface area contributed by atoms with Gasteiger partial charge in [0.25, 0.3) is 5.91 Å². The van der Waals surface area contributed by atoms with Crippen molar-refractivity contribution in [2.24, 2.45) is 0 Å². The van der Waals surface area contributed by atoms with Crippen LogP contribution in [0, 0.1) is 0 Å². The van der Waals surface area contributed by atoms with Crippen molar-refractivity contribution in [2.75, 3.05) is 19.5 Å². The van der Waals surface area contributed by atoms with Gasteiger partial charge in [0.1, 0.15) is 27.4 Å². The van der Waals surface area contributed by atoms with Gasteiger partial charge in [0, 0.05) is 10.9 Å². The van der Waals surface area contributed by atoms with Crippen LogP contribution in [-0.2, 0) is 0 Å². The number of nitrogens with one attached hydrogen (secondary N) is 1. The molecule has 1 aromatic carbocycles. The highest BCUT2D eigenvalue weighted by Gasteiger charge is 2.19. The fraction of sp³-hybridized carbons (Fsp3) is 0.118. The van der Waals surface area contributed by atoms with E-state index >= 15 is 0 Å². The number of nitrogens with zero attached hydrogens (tertiary/aromatic N) is 2. The maximum atomic E-state index is 12.7. The number of thiazole rings is 1. The summed E-state index contributed by atoms with van der Waals surface area (Å²) >= 11 is 13.1. The number of methoxy groups -OCH3 is 2. The van der Waals surface area contributed by atoms with Crippen LogP contribution < -0.4 is 14.8 Å². The number of benzene rings is 1. The normalized spacial score (nSPS) is 10.5. The van der Waals surface area contributed by atoms with Crippen molar-refractivity contribution in [1.29, 1.82) is 0 Å². The van der Waals surface area contributed by atoms with E-state index in [-0.39, 0.29) is 16.2 Å². The molecule has 2 heterocycles. The molecule has 3 aromatic rings. The average Bonchev–Trinajstić information content (AvgIpc) is 3.08. The molecule has 1 N–H and O–H groups in total. The van der Waals surface area contributed by atoms with E-state index in [1.807, 2.05) is 0 Å².